The van der Waals surface area contributed by atoms with Gasteiger partial charge in [-0.05, 0) is 30.7 Å². The summed E-state index contributed by atoms with van der Waals surface area (Å²) in [7, 11) is 1.63. The van der Waals surface area contributed by atoms with E-state index < -0.39 is 0 Å². The molecule has 1 heterocycles. The van der Waals surface area contributed by atoms with Crippen LogP contribution in [0, 0.1) is 0 Å². The molecule has 0 unspecified atom stereocenters. The summed E-state index contributed by atoms with van der Waals surface area (Å²) in [5.74, 6) is 1.18. The number of carbonyl (C=O) groups excluding carboxylic acids is 1. The number of anilines is 1. The van der Waals surface area contributed by atoms with Crippen LogP contribution in [-0.4, -0.2) is 23.0 Å². The monoisotopic (exact) mass is 271 g/mol. The van der Waals surface area contributed by atoms with Crippen molar-refractivity contribution in [1.29, 1.82) is 0 Å². The van der Waals surface area contributed by atoms with Gasteiger partial charge in [-0.1, -0.05) is 6.92 Å². The van der Waals surface area contributed by atoms with Crippen LogP contribution in [0.4, 0.5) is 5.82 Å². The van der Waals surface area contributed by atoms with E-state index >= 15 is 0 Å². The van der Waals surface area contributed by atoms with Crippen LogP contribution in [0.3, 0.4) is 0 Å². The zero-order valence-electron chi connectivity index (χ0n) is 11.8. The van der Waals surface area contributed by atoms with Crippen molar-refractivity contribution in [3.8, 4) is 17.0 Å². The van der Waals surface area contributed by atoms with Gasteiger partial charge in [0.15, 0.2) is 5.82 Å². The number of hydrogen-bond donors (Lipinski definition) is 1. The van der Waals surface area contributed by atoms with Crippen LogP contribution in [-0.2, 0) is 11.2 Å². The van der Waals surface area contributed by atoms with E-state index in [4.69, 9.17) is 4.74 Å². The van der Waals surface area contributed by atoms with Crippen LogP contribution < -0.4 is 10.1 Å². The van der Waals surface area contributed by atoms with Crippen LogP contribution in [0.15, 0.2) is 30.5 Å². The van der Waals surface area contributed by atoms with Crippen molar-refractivity contribution in [2.24, 2.45) is 0 Å². The van der Waals surface area contributed by atoms with Crippen molar-refractivity contribution in [1.82, 2.24) is 9.97 Å². The number of methoxy groups -OCH3 is 1. The summed E-state index contributed by atoms with van der Waals surface area (Å²) < 4.78 is 5.13. The fourth-order valence-electron chi connectivity index (χ4n) is 1.85. The molecule has 0 spiro atoms. The third-order valence-corrected chi connectivity index (χ3v) is 2.86. The van der Waals surface area contributed by atoms with Gasteiger partial charge in [-0.25, -0.2) is 9.97 Å². The first-order valence-electron chi connectivity index (χ1n) is 6.42. The number of benzene rings is 1. The van der Waals surface area contributed by atoms with Gasteiger partial charge in [-0.3, -0.25) is 4.79 Å². The molecule has 20 heavy (non-hydrogen) atoms. The number of ether oxygens (including phenoxy) is 1. The second-order valence-corrected chi connectivity index (χ2v) is 4.31. The van der Waals surface area contributed by atoms with Crippen LogP contribution in [0.25, 0.3) is 11.3 Å². The van der Waals surface area contributed by atoms with E-state index in [0.29, 0.717) is 12.2 Å². The first-order valence-corrected chi connectivity index (χ1v) is 6.42. The number of nitrogens with zero attached hydrogens (tertiary/aromatic N) is 2. The number of nitrogens with one attached hydrogen (secondary N) is 1. The zero-order valence-corrected chi connectivity index (χ0v) is 11.8. The molecule has 1 N–H and O–H groups in total. The highest BCUT2D eigenvalue weighted by molar-refractivity contribution is 5.88. The second-order valence-electron chi connectivity index (χ2n) is 4.31. The maximum atomic E-state index is 11.1. The Balaban J connectivity index is 2.34. The van der Waals surface area contributed by atoms with Crippen molar-refractivity contribution >= 4 is 11.7 Å². The summed E-state index contributed by atoms with van der Waals surface area (Å²) in [5, 5.41) is 2.69. The van der Waals surface area contributed by atoms with Crippen LogP contribution >= 0.6 is 0 Å². The third kappa shape index (κ3) is 3.12. The normalized spacial score (nSPS) is 10.2. The van der Waals surface area contributed by atoms with Gasteiger partial charge in [0, 0.05) is 12.5 Å². The predicted molar refractivity (Wildman–Crippen MR) is 77.7 cm³/mol. The summed E-state index contributed by atoms with van der Waals surface area (Å²) in [6.07, 6.45) is 2.36. The van der Waals surface area contributed by atoms with Crippen molar-refractivity contribution < 1.29 is 9.53 Å². The average molecular weight is 271 g/mol. The van der Waals surface area contributed by atoms with Crippen LogP contribution in [0.1, 0.15) is 19.5 Å². The van der Waals surface area contributed by atoms with Crippen molar-refractivity contribution in [2.45, 2.75) is 20.3 Å². The summed E-state index contributed by atoms with van der Waals surface area (Å²) in [4.78, 5) is 19.9. The van der Waals surface area contributed by atoms with Gasteiger partial charge in [-0.15, -0.1) is 0 Å². The highest BCUT2D eigenvalue weighted by atomic mass is 16.5. The molecule has 1 aromatic carbocycles. The second kappa shape index (κ2) is 6.14. The minimum atomic E-state index is -0.147. The summed E-state index contributed by atoms with van der Waals surface area (Å²) >= 11 is 0. The third-order valence-electron chi connectivity index (χ3n) is 2.86. The predicted octanol–water partition coefficient (Wildman–Crippen LogP) is 2.67. The molecule has 2 rings (SSSR count). The first kappa shape index (κ1) is 14.0. The number of rotatable bonds is 4. The van der Waals surface area contributed by atoms with E-state index in [9.17, 15) is 4.79 Å². The van der Waals surface area contributed by atoms with Crippen LogP contribution in [0.5, 0.6) is 5.75 Å². The Hall–Kier alpha value is -2.43. The zero-order chi connectivity index (χ0) is 14.5. The van der Waals surface area contributed by atoms with Crippen molar-refractivity contribution in [2.75, 3.05) is 12.4 Å². The van der Waals surface area contributed by atoms with Gasteiger partial charge < -0.3 is 10.1 Å². The minimum absolute atomic E-state index is 0.147. The maximum Gasteiger partial charge on any atom is 0.222 e. The largest absolute Gasteiger partial charge is 0.497 e. The van der Waals surface area contributed by atoms with Gasteiger partial charge in [0.2, 0.25) is 5.91 Å². The molecule has 0 aliphatic rings. The molecule has 5 nitrogen and oxygen atoms in total. The van der Waals surface area contributed by atoms with Crippen molar-refractivity contribution in [3.63, 3.8) is 0 Å². The standard InChI is InChI=1S/C15H17N3O2/c1-4-13-15(17-10(2)19)16-9-14(18-13)11-5-7-12(20-3)8-6-11/h5-9H,4H2,1-3H3,(H,16,17,19). The molecule has 0 bridgehead atoms. The molecule has 0 aliphatic heterocycles. The molecule has 0 aliphatic carbocycles. The van der Waals surface area contributed by atoms with Gasteiger partial charge in [0.1, 0.15) is 5.75 Å². The fourth-order valence-corrected chi connectivity index (χ4v) is 1.85. The Bertz CT molecular complexity index is 609. The molecule has 1 aromatic heterocycles. The number of hydrogen-bond acceptors (Lipinski definition) is 4. The molecule has 0 fully saturated rings. The lowest BCUT2D eigenvalue weighted by Gasteiger charge is -2.09. The number of aryl methyl sites for hydroxylation is 1. The Labute approximate surface area is 118 Å². The Morgan fingerprint density at radius 2 is 2.00 bits per heavy atom. The Morgan fingerprint density at radius 3 is 2.55 bits per heavy atom. The van der Waals surface area contributed by atoms with Crippen LogP contribution in [0.2, 0.25) is 0 Å². The highest BCUT2D eigenvalue weighted by Gasteiger charge is 2.08. The molecule has 0 saturated heterocycles. The lowest BCUT2D eigenvalue weighted by atomic mass is 10.1. The van der Waals surface area contributed by atoms with Gasteiger partial charge in [0.25, 0.3) is 0 Å². The van der Waals surface area contributed by atoms with E-state index in [0.717, 1.165) is 22.7 Å². The minimum Gasteiger partial charge on any atom is -0.497 e. The SMILES string of the molecule is CCc1nc(-c2ccc(OC)cc2)cnc1NC(C)=O. The van der Waals surface area contributed by atoms with E-state index in [1.807, 2.05) is 31.2 Å². The quantitative estimate of drug-likeness (QED) is 0.928. The Kier molecular flexibility index (Phi) is 4.30. The molecule has 0 atom stereocenters. The summed E-state index contributed by atoms with van der Waals surface area (Å²) in [5.41, 5.74) is 2.51. The molecule has 0 radical (unpaired) electrons. The molecular weight excluding hydrogens is 254 g/mol. The molecule has 1 amide bonds. The van der Waals surface area contributed by atoms with Crippen molar-refractivity contribution in [3.05, 3.63) is 36.2 Å². The smallest absolute Gasteiger partial charge is 0.222 e. The molecule has 2 aromatic rings. The van der Waals surface area contributed by atoms with E-state index in [1.54, 1.807) is 13.3 Å². The average Bonchev–Trinajstić information content (AvgIpc) is 2.47. The Morgan fingerprint density at radius 1 is 1.30 bits per heavy atom. The number of aromatic nitrogens is 2. The molecule has 5 heteroatoms. The number of carbonyl (C=O) groups is 1. The number of amides is 1. The lowest BCUT2D eigenvalue weighted by molar-refractivity contribution is -0.114. The molecule has 0 saturated carbocycles. The van der Waals surface area contributed by atoms with Gasteiger partial charge >= 0.3 is 0 Å². The van der Waals surface area contributed by atoms with Gasteiger partial charge in [-0.2, -0.15) is 0 Å². The lowest BCUT2D eigenvalue weighted by Crippen LogP contribution is -2.11. The van der Waals surface area contributed by atoms with E-state index in [2.05, 4.69) is 15.3 Å². The fraction of sp³-hybridized carbons (Fsp3) is 0.267. The summed E-state index contributed by atoms with van der Waals surface area (Å²) in [6.45, 7) is 3.44. The maximum absolute atomic E-state index is 11.1. The first-order chi connectivity index (χ1) is 9.63. The summed E-state index contributed by atoms with van der Waals surface area (Å²) in [6, 6.07) is 7.62. The van der Waals surface area contributed by atoms with E-state index in [-0.39, 0.29) is 5.91 Å². The van der Waals surface area contributed by atoms with E-state index in [1.165, 1.54) is 6.92 Å². The molecule has 104 valence electrons. The topological polar surface area (TPSA) is 64.1 Å². The highest BCUT2D eigenvalue weighted by Crippen LogP contribution is 2.22. The van der Waals surface area contributed by atoms with Gasteiger partial charge in [0.05, 0.1) is 24.7 Å². The molecular formula is C15H17N3O2.